The van der Waals surface area contributed by atoms with Crippen LogP contribution in [0.2, 0.25) is 0 Å². The number of hydrogen-bond donors (Lipinski definition) is 2. The Labute approximate surface area is 152 Å². The predicted octanol–water partition coefficient (Wildman–Crippen LogP) is 2.43. The van der Waals surface area contributed by atoms with Crippen LogP contribution >= 0.6 is 11.8 Å². The molecule has 4 nitrogen and oxygen atoms in total. The van der Waals surface area contributed by atoms with Crippen LogP contribution in [-0.4, -0.2) is 35.9 Å². The topological polar surface area (TPSA) is 63.1 Å². The van der Waals surface area contributed by atoms with Gasteiger partial charge in [-0.2, -0.15) is 0 Å². The van der Waals surface area contributed by atoms with E-state index in [9.17, 15) is 9.90 Å². The molecule has 0 fully saturated rings. The van der Waals surface area contributed by atoms with Crippen molar-refractivity contribution in [2.75, 3.05) is 18.9 Å². The highest BCUT2D eigenvalue weighted by atomic mass is 32.2. The summed E-state index contributed by atoms with van der Waals surface area (Å²) >= 11 is 1.91. The summed E-state index contributed by atoms with van der Waals surface area (Å²) in [6, 6.07) is 15.9. The smallest absolute Gasteiger partial charge is 0.159 e. The Morgan fingerprint density at radius 2 is 2.04 bits per heavy atom. The normalized spacial score (nSPS) is 17.6. The van der Waals surface area contributed by atoms with Gasteiger partial charge in [-0.25, -0.2) is 0 Å². The highest BCUT2D eigenvalue weighted by Gasteiger charge is 2.23. The highest BCUT2D eigenvalue weighted by molar-refractivity contribution is 7.99. The number of benzene rings is 2. The molecule has 0 bridgehead atoms. The van der Waals surface area contributed by atoms with Crippen molar-refractivity contribution in [1.29, 1.82) is 0 Å². The zero-order chi connectivity index (χ0) is 17.6. The van der Waals surface area contributed by atoms with Crippen LogP contribution in [0.4, 0.5) is 0 Å². The molecule has 1 heterocycles. The Hall–Kier alpha value is -1.82. The maximum absolute atomic E-state index is 11.3. The predicted molar refractivity (Wildman–Crippen MR) is 99.3 cm³/mol. The lowest BCUT2D eigenvalue weighted by molar-refractivity contribution is -0.702. The molecule has 5 heteroatoms. The van der Waals surface area contributed by atoms with Crippen molar-refractivity contribution < 1.29 is 20.0 Å². The van der Waals surface area contributed by atoms with Gasteiger partial charge < -0.3 is 15.2 Å². The Morgan fingerprint density at radius 3 is 2.80 bits per heavy atom. The minimum Gasteiger partial charge on any atom is -0.491 e. The van der Waals surface area contributed by atoms with Gasteiger partial charge in [0.15, 0.2) is 5.78 Å². The largest absolute Gasteiger partial charge is 0.491 e. The molecule has 2 aromatic rings. The molecule has 0 spiro atoms. The molecule has 0 radical (unpaired) electrons. The monoisotopic (exact) mass is 358 g/mol. The van der Waals surface area contributed by atoms with Crippen molar-refractivity contribution >= 4 is 17.5 Å². The summed E-state index contributed by atoms with van der Waals surface area (Å²) in [4.78, 5) is 12.6. The molecule has 3 rings (SSSR count). The number of hydrogen-bond acceptors (Lipinski definition) is 4. The van der Waals surface area contributed by atoms with Crippen LogP contribution in [0, 0.1) is 0 Å². The number of aliphatic hydroxyl groups is 1. The fraction of sp³-hybridized carbons (Fsp3) is 0.350. The third kappa shape index (κ3) is 4.84. The minimum atomic E-state index is -0.533. The van der Waals surface area contributed by atoms with Gasteiger partial charge in [0.25, 0.3) is 0 Å². The molecule has 0 unspecified atom stereocenters. The number of carbonyl (C=O) groups excluding carboxylic acids is 1. The van der Waals surface area contributed by atoms with Crippen LogP contribution in [0.5, 0.6) is 5.75 Å². The average Bonchev–Trinajstić information content (AvgIpc) is 2.65. The van der Waals surface area contributed by atoms with Gasteiger partial charge in [-0.05, 0) is 37.3 Å². The van der Waals surface area contributed by atoms with Gasteiger partial charge in [0.05, 0.1) is 0 Å². The summed E-state index contributed by atoms with van der Waals surface area (Å²) in [5, 5.41) is 12.4. The van der Waals surface area contributed by atoms with Crippen molar-refractivity contribution in [3.63, 3.8) is 0 Å². The van der Waals surface area contributed by atoms with E-state index >= 15 is 0 Å². The number of quaternary nitrogens is 1. The third-order valence-corrected chi connectivity index (χ3v) is 5.52. The highest BCUT2D eigenvalue weighted by Crippen LogP contribution is 2.33. The summed E-state index contributed by atoms with van der Waals surface area (Å²) < 4.78 is 5.63. The van der Waals surface area contributed by atoms with Gasteiger partial charge in [0.2, 0.25) is 0 Å². The first-order valence-electron chi connectivity index (χ1n) is 8.60. The number of thioether (sulfide) groups is 1. The number of ether oxygens (including phenoxy) is 1. The number of Topliss-reactive ketones (excluding diaryl/α,β-unsaturated/α-hetero) is 1. The van der Waals surface area contributed by atoms with Gasteiger partial charge in [0, 0.05) is 28.2 Å². The van der Waals surface area contributed by atoms with Gasteiger partial charge in [-0.15, -0.1) is 11.8 Å². The van der Waals surface area contributed by atoms with Gasteiger partial charge in [-0.3, -0.25) is 4.79 Å². The summed E-state index contributed by atoms with van der Waals surface area (Å²) in [5.41, 5.74) is 2.03. The fourth-order valence-corrected chi connectivity index (χ4v) is 4.13. The number of carbonyl (C=O) groups is 1. The first kappa shape index (κ1) is 18.0. The first-order chi connectivity index (χ1) is 12.1. The summed E-state index contributed by atoms with van der Waals surface area (Å²) in [6.07, 6.45) is 0.580. The summed E-state index contributed by atoms with van der Waals surface area (Å²) in [5.74, 6) is 1.82. The molecular weight excluding hydrogens is 334 g/mol. The molecule has 0 aliphatic carbocycles. The quantitative estimate of drug-likeness (QED) is 0.746. The van der Waals surface area contributed by atoms with Crippen LogP contribution < -0.4 is 10.1 Å². The molecule has 2 aromatic carbocycles. The fourth-order valence-electron chi connectivity index (χ4n) is 2.98. The number of rotatable bonds is 7. The molecule has 1 aliphatic rings. The Bertz CT molecular complexity index is 717. The maximum atomic E-state index is 11.3. The van der Waals surface area contributed by atoms with Gasteiger partial charge >= 0.3 is 0 Å². The third-order valence-electron chi connectivity index (χ3n) is 4.40. The summed E-state index contributed by atoms with van der Waals surface area (Å²) in [7, 11) is 0. The lowest BCUT2D eigenvalue weighted by Crippen LogP contribution is -2.87. The van der Waals surface area contributed by atoms with Crippen molar-refractivity contribution in [1.82, 2.24) is 0 Å². The van der Waals surface area contributed by atoms with E-state index < -0.39 is 6.10 Å². The molecule has 0 amide bonds. The van der Waals surface area contributed by atoms with Crippen molar-refractivity contribution in [2.24, 2.45) is 0 Å². The molecule has 132 valence electrons. The number of nitrogens with two attached hydrogens (primary N) is 1. The number of fused-ring (bicyclic) bond motifs is 1. The summed E-state index contributed by atoms with van der Waals surface area (Å²) in [6.45, 7) is 2.39. The second-order valence-corrected chi connectivity index (χ2v) is 7.44. The standard InChI is InChI=1S/C20H23NO3S/c1-14(22)15-6-8-17(9-7-15)24-13-16(23)12-21-19-10-11-25-20-5-3-2-4-18(19)20/h2-9,16,19,21,23H,10-13H2,1H3/p+1/t16-,19+/m0/s1. The van der Waals surface area contributed by atoms with Crippen LogP contribution in [-0.2, 0) is 0 Å². The molecule has 0 saturated carbocycles. The molecular formula is C20H24NO3S+. The molecule has 0 aromatic heterocycles. The zero-order valence-corrected chi connectivity index (χ0v) is 15.2. The number of ketones is 1. The SMILES string of the molecule is CC(=O)c1ccc(OC[C@@H](O)C[NH2+][C@@H]2CCSc3ccccc32)cc1. The van der Waals surface area contributed by atoms with Crippen LogP contribution in [0.15, 0.2) is 53.4 Å². The van der Waals surface area contributed by atoms with Crippen LogP contribution in [0.1, 0.15) is 35.3 Å². The van der Waals surface area contributed by atoms with E-state index in [-0.39, 0.29) is 12.4 Å². The first-order valence-corrected chi connectivity index (χ1v) is 9.59. The Morgan fingerprint density at radius 1 is 1.28 bits per heavy atom. The second-order valence-electron chi connectivity index (χ2n) is 6.30. The van der Waals surface area contributed by atoms with E-state index in [2.05, 4.69) is 29.6 Å². The Balaban J connectivity index is 1.47. The molecule has 3 N–H and O–H groups in total. The van der Waals surface area contributed by atoms with Crippen LogP contribution in [0.25, 0.3) is 0 Å². The lowest BCUT2D eigenvalue weighted by Gasteiger charge is -2.24. The molecule has 25 heavy (non-hydrogen) atoms. The molecule has 2 atom stereocenters. The van der Waals surface area contributed by atoms with E-state index in [0.717, 1.165) is 12.2 Å². The molecule has 1 aliphatic heterocycles. The van der Waals surface area contributed by atoms with E-state index in [1.165, 1.54) is 17.4 Å². The average molecular weight is 358 g/mol. The van der Waals surface area contributed by atoms with Gasteiger partial charge in [0.1, 0.15) is 31.0 Å². The van der Waals surface area contributed by atoms with Crippen LogP contribution in [0.3, 0.4) is 0 Å². The molecule has 0 saturated heterocycles. The van der Waals surface area contributed by atoms with E-state index in [4.69, 9.17) is 4.74 Å². The van der Waals surface area contributed by atoms with E-state index in [1.807, 2.05) is 11.8 Å². The zero-order valence-electron chi connectivity index (χ0n) is 14.4. The van der Waals surface area contributed by atoms with Crippen molar-refractivity contribution in [3.8, 4) is 5.75 Å². The lowest BCUT2D eigenvalue weighted by atomic mass is 10.0. The number of aliphatic hydroxyl groups excluding tert-OH is 1. The Kier molecular flexibility index (Phi) is 6.13. The maximum Gasteiger partial charge on any atom is 0.159 e. The van der Waals surface area contributed by atoms with E-state index in [0.29, 0.717) is 23.9 Å². The van der Waals surface area contributed by atoms with E-state index in [1.54, 1.807) is 24.3 Å². The van der Waals surface area contributed by atoms with Crippen molar-refractivity contribution in [3.05, 3.63) is 59.7 Å². The minimum absolute atomic E-state index is 0.0344. The van der Waals surface area contributed by atoms with Gasteiger partial charge in [-0.1, -0.05) is 18.2 Å². The second kappa shape index (κ2) is 8.52. The van der Waals surface area contributed by atoms with Crippen molar-refractivity contribution in [2.45, 2.75) is 30.4 Å².